The summed E-state index contributed by atoms with van der Waals surface area (Å²) in [4.78, 5) is 1.44. The molecule has 1 aromatic carbocycles. The first-order valence-electron chi connectivity index (χ1n) is 6.50. The van der Waals surface area contributed by atoms with E-state index in [1.807, 2.05) is 0 Å². The van der Waals surface area contributed by atoms with Crippen LogP contribution in [0.2, 0.25) is 4.34 Å². The quantitative estimate of drug-likeness (QED) is 0.730. The highest BCUT2D eigenvalue weighted by Crippen LogP contribution is 2.41. The molecule has 0 bridgehead atoms. The van der Waals surface area contributed by atoms with Crippen molar-refractivity contribution < 1.29 is 0 Å². The van der Waals surface area contributed by atoms with Crippen LogP contribution >= 0.6 is 38.9 Å². The fourth-order valence-corrected chi connectivity index (χ4v) is 4.43. The molecule has 1 aliphatic rings. The molecule has 1 atom stereocenters. The number of rotatable bonds is 3. The number of hydrogen-bond donors (Lipinski definition) is 1. The number of benzene rings is 1. The highest BCUT2D eigenvalue weighted by atomic mass is 79.9. The van der Waals surface area contributed by atoms with Crippen LogP contribution in [-0.2, 0) is 12.8 Å². The van der Waals surface area contributed by atoms with Crippen molar-refractivity contribution in [1.29, 1.82) is 0 Å². The van der Waals surface area contributed by atoms with E-state index < -0.39 is 0 Å². The number of hydrogen-bond acceptors (Lipinski definition) is 2. The van der Waals surface area contributed by atoms with E-state index in [9.17, 15) is 0 Å². The number of thiophene rings is 1. The van der Waals surface area contributed by atoms with Gasteiger partial charge in [-0.05, 0) is 54.7 Å². The molecule has 0 aliphatic heterocycles. The molecule has 1 aliphatic carbocycles. The van der Waals surface area contributed by atoms with Gasteiger partial charge < -0.3 is 5.32 Å². The molecular formula is C15H15BrClNS. The minimum absolute atomic E-state index is 0.408. The predicted molar refractivity (Wildman–Crippen MR) is 87.5 cm³/mol. The summed E-state index contributed by atoms with van der Waals surface area (Å²) in [6.45, 7) is 2.19. The Balaban J connectivity index is 1.86. The number of aryl methyl sites for hydroxylation is 2. The summed E-state index contributed by atoms with van der Waals surface area (Å²) in [5.41, 5.74) is 3.98. The molecule has 0 amide bonds. The van der Waals surface area contributed by atoms with Crippen LogP contribution in [0.3, 0.4) is 0 Å². The summed E-state index contributed by atoms with van der Waals surface area (Å²) in [5, 5.41) is 3.68. The summed E-state index contributed by atoms with van der Waals surface area (Å²) in [6.07, 6.45) is 3.34. The molecule has 0 radical (unpaired) electrons. The summed E-state index contributed by atoms with van der Waals surface area (Å²) in [6, 6.07) is 8.98. The number of fused-ring (bicyclic) bond motifs is 1. The van der Waals surface area contributed by atoms with Crippen LogP contribution in [0, 0.1) is 0 Å². The topological polar surface area (TPSA) is 12.0 Å². The highest BCUT2D eigenvalue weighted by Gasteiger charge is 2.25. The molecule has 1 N–H and O–H groups in total. The first-order chi connectivity index (χ1) is 9.17. The van der Waals surface area contributed by atoms with Crippen molar-refractivity contribution in [3.05, 3.63) is 49.1 Å². The van der Waals surface area contributed by atoms with E-state index in [2.05, 4.69) is 52.4 Å². The maximum Gasteiger partial charge on any atom is 0.0934 e. The zero-order valence-electron chi connectivity index (χ0n) is 10.7. The third kappa shape index (κ3) is 2.69. The highest BCUT2D eigenvalue weighted by molar-refractivity contribution is 9.10. The Labute approximate surface area is 131 Å². The van der Waals surface area contributed by atoms with Crippen LogP contribution in [0.25, 0.3) is 0 Å². The second-order valence-electron chi connectivity index (χ2n) is 4.82. The maximum atomic E-state index is 6.11. The van der Waals surface area contributed by atoms with Gasteiger partial charge in [-0.15, -0.1) is 11.3 Å². The molecule has 0 spiro atoms. The summed E-state index contributed by atoms with van der Waals surface area (Å²) < 4.78 is 2.05. The third-order valence-corrected chi connectivity index (χ3v) is 5.46. The van der Waals surface area contributed by atoms with Gasteiger partial charge in [-0.1, -0.05) is 34.5 Å². The van der Waals surface area contributed by atoms with Crippen LogP contribution in [0.5, 0.6) is 0 Å². The second-order valence-corrected chi connectivity index (χ2v) is 7.50. The van der Waals surface area contributed by atoms with Crippen molar-refractivity contribution in [2.24, 2.45) is 0 Å². The standard InChI is InChI=1S/C15H15BrClNS/c1-2-9-7-10(16)3-4-12(9)18-13-5-6-14-11(13)8-15(17)19-14/h3-4,7-8,13,18H,2,5-6H2,1H3. The molecule has 2 aromatic rings. The van der Waals surface area contributed by atoms with E-state index in [4.69, 9.17) is 11.6 Å². The van der Waals surface area contributed by atoms with Gasteiger partial charge in [0.15, 0.2) is 0 Å². The minimum atomic E-state index is 0.408. The van der Waals surface area contributed by atoms with E-state index in [0.717, 1.165) is 28.1 Å². The molecule has 0 saturated carbocycles. The van der Waals surface area contributed by atoms with Gasteiger partial charge in [0.05, 0.1) is 10.4 Å². The van der Waals surface area contributed by atoms with E-state index >= 15 is 0 Å². The molecule has 1 aromatic heterocycles. The van der Waals surface area contributed by atoms with Crippen molar-refractivity contribution in [1.82, 2.24) is 0 Å². The third-order valence-electron chi connectivity index (χ3n) is 3.63. The van der Waals surface area contributed by atoms with Crippen molar-refractivity contribution in [2.75, 3.05) is 5.32 Å². The first kappa shape index (κ1) is 13.5. The second kappa shape index (κ2) is 5.47. The lowest BCUT2D eigenvalue weighted by atomic mass is 10.1. The van der Waals surface area contributed by atoms with E-state index in [1.54, 1.807) is 11.3 Å². The molecule has 4 heteroatoms. The van der Waals surface area contributed by atoms with Crippen LogP contribution in [0.15, 0.2) is 28.7 Å². The molecule has 1 nitrogen and oxygen atoms in total. The Bertz CT molecular complexity index is 608. The minimum Gasteiger partial charge on any atom is -0.378 e. The van der Waals surface area contributed by atoms with E-state index in [1.165, 1.54) is 21.7 Å². The Hall–Kier alpha value is -0.510. The molecular weight excluding hydrogens is 342 g/mol. The Morgan fingerprint density at radius 2 is 2.26 bits per heavy atom. The average Bonchev–Trinajstić information content (AvgIpc) is 2.92. The normalized spacial score (nSPS) is 17.5. The number of halogens is 2. The zero-order valence-corrected chi connectivity index (χ0v) is 13.8. The lowest BCUT2D eigenvalue weighted by Gasteiger charge is -2.17. The Kier molecular flexibility index (Phi) is 3.88. The van der Waals surface area contributed by atoms with E-state index in [-0.39, 0.29) is 0 Å². The fraction of sp³-hybridized carbons (Fsp3) is 0.333. The van der Waals surface area contributed by atoms with Crippen molar-refractivity contribution in [2.45, 2.75) is 32.2 Å². The number of anilines is 1. The SMILES string of the molecule is CCc1cc(Br)ccc1NC1CCc2sc(Cl)cc21. The van der Waals surface area contributed by atoms with Crippen LogP contribution in [0.4, 0.5) is 5.69 Å². The smallest absolute Gasteiger partial charge is 0.0934 e. The maximum absolute atomic E-state index is 6.11. The van der Waals surface area contributed by atoms with Crippen molar-refractivity contribution in [3.8, 4) is 0 Å². The predicted octanol–water partition coefficient (Wildman–Crippen LogP) is 5.83. The molecule has 3 rings (SSSR count). The molecule has 100 valence electrons. The van der Waals surface area contributed by atoms with Crippen LogP contribution in [0.1, 0.15) is 35.4 Å². The monoisotopic (exact) mass is 355 g/mol. The average molecular weight is 357 g/mol. The lowest BCUT2D eigenvalue weighted by Crippen LogP contribution is -2.08. The largest absolute Gasteiger partial charge is 0.378 e. The van der Waals surface area contributed by atoms with Gasteiger partial charge >= 0.3 is 0 Å². The van der Waals surface area contributed by atoms with Crippen LogP contribution in [-0.4, -0.2) is 0 Å². The molecule has 1 unspecified atom stereocenters. The van der Waals surface area contributed by atoms with Gasteiger partial charge in [-0.2, -0.15) is 0 Å². The molecule has 19 heavy (non-hydrogen) atoms. The molecule has 0 saturated heterocycles. The summed E-state index contributed by atoms with van der Waals surface area (Å²) in [7, 11) is 0. The lowest BCUT2D eigenvalue weighted by molar-refractivity contribution is 0.760. The Morgan fingerprint density at radius 1 is 1.42 bits per heavy atom. The molecule has 0 fully saturated rings. The summed E-state index contributed by atoms with van der Waals surface area (Å²) in [5.74, 6) is 0. The van der Waals surface area contributed by atoms with Gasteiger partial charge in [-0.3, -0.25) is 0 Å². The first-order valence-corrected chi connectivity index (χ1v) is 8.49. The van der Waals surface area contributed by atoms with Gasteiger partial charge in [0.1, 0.15) is 0 Å². The number of nitrogens with one attached hydrogen (secondary N) is 1. The fourth-order valence-electron chi connectivity index (χ4n) is 2.66. The van der Waals surface area contributed by atoms with Gasteiger partial charge in [0.2, 0.25) is 0 Å². The van der Waals surface area contributed by atoms with Gasteiger partial charge in [0, 0.05) is 15.0 Å². The van der Waals surface area contributed by atoms with Gasteiger partial charge in [0.25, 0.3) is 0 Å². The summed E-state index contributed by atoms with van der Waals surface area (Å²) >= 11 is 11.4. The molecule has 1 heterocycles. The Morgan fingerprint density at radius 3 is 3.05 bits per heavy atom. The zero-order chi connectivity index (χ0) is 13.4. The van der Waals surface area contributed by atoms with E-state index in [0.29, 0.717) is 6.04 Å². The van der Waals surface area contributed by atoms with Crippen molar-refractivity contribution >= 4 is 44.6 Å². The van der Waals surface area contributed by atoms with Gasteiger partial charge in [-0.25, -0.2) is 0 Å². The van der Waals surface area contributed by atoms with Crippen molar-refractivity contribution in [3.63, 3.8) is 0 Å². The van der Waals surface area contributed by atoms with Crippen LogP contribution < -0.4 is 5.32 Å².